The minimum atomic E-state index is -0.428. The lowest BCUT2D eigenvalue weighted by molar-refractivity contribution is -0.137. The van der Waals surface area contributed by atoms with Crippen molar-refractivity contribution in [3.8, 4) is 0 Å². The van der Waals surface area contributed by atoms with Crippen molar-refractivity contribution in [3.63, 3.8) is 0 Å². The maximum absolute atomic E-state index is 12.3. The lowest BCUT2D eigenvalue weighted by Crippen LogP contribution is -2.53. The minimum Gasteiger partial charge on any atom is -0.394 e. The SMILES string of the molecule is CC[C@H](CO)NC(=O)C1(COC)CCNCC1. The fourth-order valence-corrected chi connectivity index (χ4v) is 2.23. The molecule has 1 rings (SSSR count). The lowest BCUT2D eigenvalue weighted by Gasteiger charge is -2.36. The number of methoxy groups -OCH3 is 1. The summed E-state index contributed by atoms with van der Waals surface area (Å²) in [6.07, 6.45) is 2.31. The first-order chi connectivity index (χ1) is 8.18. The van der Waals surface area contributed by atoms with E-state index in [2.05, 4.69) is 10.6 Å². The van der Waals surface area contributed by atoms with Crippen LogP contribution in [0.5, 0.6) is 0 Å². The summed E-state index contributed by atoms with van der Waals surface area (Å²) >= 11 is 0. The molecule has 100 valence electrons. The van der Waals surface area contributed by atoms with Crippen LogP contribution in [0.3, 0.4) is 0 Å². The number of rotatable bonds is 6. The molecular weight excluding hydrogens is 220 g/mol. The van der Waals surface area contributed by atoms with Crippen LogP contribution in [0.2, 0.25) is 0 Å². The summed E-state index contributed by atoms with van der Waals surface area (Å²) < 4.78 is 5.20. The lowest BCUT2D eigenvalue weighted by atomic mass is 9.78. The molecule has 0 aliphatic carbocycles. The van der Waals surface area contributed by atoms with Crippen molar-refractivity contribution >= 4 is 5.91 Å². The maximum Gasteiger partial charge on any atom is 0.228 e. The van der Waals surface area contributed by atoms with Crippen molar-refractivity contribution in [1.82, 2.24) is 10.6 Å². The Bertz CT molecular complexity index is 230. The number of amides is 1. The van der Waals surface area contributed by atoms with Gasteiger partial charge in [0.2, 0.25) is 5.91 Å². The Morgan fingerprint density at radius 1 is 1.53 bits per heavy atom. The quantitative estimate of drug-likeness (QED) is 0.610. The van der Waals surface area contributed by atoms with E-state index in [1.807, 2.05) is 6.92 Å². The highest BCUT2D eigenvalue weighted by atomic mass is 16.5. The zero-order valence-electron chi connectivity index (χ0n) is 10.8. The van der Waals surface area contributed by atoms with Gasteiger partial charge in [0.1, 0.15) is 0 Å². The average molecular weight is 244 g/mol. The van der Waals surface area contributed by atoms with Crippen LogP contribution in [-0.4, -0.2) is 50.5 Å². The van der Waals surface area contributed by atoms with Crippen molar-refractivity contribution in [1.29, 1.82) is 0 Å². The summed E-state index contributed by atoms with van der Waals surface area (Å²) in [7, 11) is 1.63. The highest BCUT2D eigenvalue weighted by Gasteiger charge is 2.40. The van der Waals surface area contributed by atoms with Crippen LogP contribution in [0.1, 0.15) is 26.2 Å². The van der Waals surface area contributed by atoms with Crippen LogP contribution in [0.15, 0.2) is 0 Å². The van der Waals surface area contributed by atoms with Crippen molar-refractivity contribution in [2.75, 3.05) is 33.4 Å². The van der Waals surface area contributed by atoms with Crippen LogP contribution in [-0.2, 0) is 9.53 Å². The molecule has 0 bridgehead atoms. The predicted octanol–water partition coefficient (Wildman–Crippen LogP) is -0.110. The van der Waals surface area contributed by atoms with Crippen LogP contribution >= 0.6 is 0 Å². The van der Waals surface area contributed by atoms with Crippen molar-refractivity contribution < 1.29 is 14.6 Å². The zero-order chi connectivity index (χ0) is 12.7. The van der Waals surface area contributed by atoms with E-state index in [9.17, 15) is 4.79 Å². The summed E-state index contributed by atoms with van der Waals surface area (Å²) in [5, 5.41) is 15.3. The first-order valence-corrected chi connectivity index (χ1v) is 6.30. The molecule has 1 saturated heterocycles. The third-order valence-electron chi connectivity index (χ3n) is 3.51. The van der Waals surface area contributed by atoms with Crippen LogP contribution in [0.25, 0.3) is 0 Å². The second-order valence-electron chi connectivity index (χ2n) is 4.72. The standard InChI is InChI=1S/C12H24N2O3/c1-3-10(8-15)14-11(16)12(9-17-2)4-6-13-7-5-12/h10,13,15H,3-9H2,1-2H3,(H,14,16)/t10-/m1/s1. The molecule has 0 unspecified atom stereocenters. The predicted molar refractivity (Wildman–Crippen MR) is 65.7 cm³/mol. The van der Waals surface area contributed by atoms with E-state index in [1.54, 1.807) is 7.11 Å². The van der Waals surface area contributed by atoms with Gasteiger partial charge in [0, 0.05) is 7.11 Å². The summed E-state index contributed by atoms with van der Waals surface area (Å²) in [6.45, 7) is 4.07. The third kappa shape index (κ3) is 3.66. The molecule has 0 radical (unpaired) electrons. The summed E-state index contributed by atoms with van der Waals surface area (Å²) in [5.41, 5.74) is -0.428. The minimum absolute atomic E-state index is 0.0104. The number of ether oxygens (including phenoxy) is 1. The number of hydrogen-bond acceptors (Lipinski definition) is 4. The van der Waals surface area contributed by atoms with E-state index < -0.39 is 5.41 Å². The normalized spacial score (nSPS) is 20.9. The zero-order valence-corrected chi connectivity index (χ0v) is 10.8. The molecule has 1 aliphatic rings. The number of aliphatic hydroxyl groups excluding tert-OH is 1. The summed E-state index contributed by atoms with van der Waals surface area (Å²) in [5.74, 6) is 0.0155. The van der Waals surface area contributed by atoms with Crippen molar-refractivity contribution in [3.05, 3.63) is 0 Å². The van der Waals surface area contributed by atoms with E-state index >= 15 is 0 Å². The molecule has 1 amide bonds. The van der Waals surface area contributed by atoms with Gasteiger partial charge in [-0.05, 0) is 32.4 Å². The fraction of sp³-hybridized carbons (Fsp3) is 0.917. The fourth-order valence-electron chi connectivity index (χ4n) is 2.23. The van der Waals surface area contributed by atoms with E-state index in [-0.39, 0.29) is 18.6 Å². The first kappa shape index (κ1) is 14.4. The van der Waals surface area contributed by atoms with Crippen molar-refractivity contribution in [2.45, 2.75) is 32.2 Å². The molecular formula is C12H24N2O3. The van der Waals surface area contributed by atoms with E-state index in [0.717, 1.165) is 32.4 Å². The van der Waals surface area contributed by atoms with E-state index in [4.69, 9.17) is 9.84 Å². The van der Waals surface area contributed by atoms with Crippen LogP contribution < -0.4 is 10.6 Å². The van der Waals surface area contributed by atoms with E-state index in [1.165, 1.54) is 0 Å². The Morgan fingerprint density at radius 2 is 2.18 bits per heavy atom. The molecule has 17 heavy (non-hydrogen) atoms. The number of aliphatic hydroxyl groups is 1. The van der Waals surface area contributed by atoms with Gasteiger partial charge < -0.3 is 20.5 Å². The second kappa shape index (κ2) is 6.93. The van der Waals surface area contributed by atoms with Gasteiger partial charge in [0.15, 0.2) is 0 Å². The van der Waals surface area contributed by atoms with Crippen LogP contribution in [0.4, 0.5) is 0 Å². The number of nitrogens with one attached hydrogen (secondary N) is 2. The molecule has 1 atom stereocenters. The topological polar surface area (TPSA) is 70.6 Å². The Balaban J connectivity index is 2.65. The molecule has 0 spiro atoms. The van der Waals surface area contributed by atoms with E-state index in [0.29, 0.717) is 6.61 Å². The Labute approximate surface area is 103 Å². The van der Waals surface area contributed by atoms with Gasteiger partial charge in [-0.15, -0.1) is 0 Å². The second-order valence-corrected chi connectivity index (χ2v) is 4.72. The van der Waals surface area contributed by atoms with Crippen LogP contribution in [0, 0.1) is 5.41 Å². The molecule has 3 N–H and O–H groups in total. The van der Waals surface area contributed by atoms with Gasteiger partial charge in [0.05, 0.1) is 24.7 Å². The van der Waals surface area contributed by atoms with Gasteiger partial charge >= 0.3 is 0 Å². The highest BCUT2D eigenvalue weighted by molar-refractivity contribution is 5.83. The van der Waals surface area contributed by atoms with Gasteiger partial charge in [-0.1, -0.05) is 6.92 Å². The number of hydrogen-bond donors (Lipinski definition) is 3. The molecule has 1 aliphatic heterocycles. The summed E-state index contributed by atoms with van der Waals surface area (Å²) in [6, 6.07) is -0.147. The molecule has 0 aromatic heterocycles. The number of carbonyl (C=O) groups excluding carboxylic acids is 1. The monoisotopic (exact) mass is 244 g/mol. The highest BCUT2D eigenvalue weighted by Crippen LogP contribution is 2.29. The first-order valence-electron chi connectivity index (χ1n) is 6.30. The smallest absolute Gasteiger partial charge is 0.228 e. The molecule has 0 saturated carbocycles. The number of piperidine rings is 1. The number of carbonyl (C=O) groups is 1. The third-order valence-corrected chi connectivity index (χ3v) is 3.51. The molecule has 0 aromatic rings. The van der Waals surface area contributed by atoms with Crippen molar-refractivity contribution in [2.24, 2.45) is 5.41 Å². The molecule has 1 heterocycles. The van der Waals surface area contributed by atoms with Gasteiger partial charge in [-0.25, -0.2) is 0 Å². The van der Waals surface area contributed by atoms with Gasteiger partial charge in [-0.2, -0.15) is 0 Å². The Kier molecular flexibility index (Phi) is 5.88. The summed E-state index contributed by atoms with van der Waals surface area (Å²) in [4.78, 5) is 12.3. The maximum atomic E-state index is 12.3. The molecule has 1 fully saturated rings. The average Bonchev–Trinajstić information content (AvgIpc) is 2.37. The molecule has 5 heteroatoms. The molecule has 0 aromatic carbocycles. The molecule has 5 nitrogen and oxygen atoms in total. The van der Waals surface area contributed by atoms with Gasteiger partial charge in [0.25, 0.3) is 0 Å². The largest absolute Gasteiger partial charge is 0.394 e. The van der Waals surface area contributed by atoms with Gasteiger partial charge in [-0.3, -0.25) is 4.79 Å². The Morgan fingerprint density at radius 3 is 2.65 bits per heavy atom. The Hall–Kier alpha value is -0.650.